The summed E-state index contributed by atoms with van der Waals surface area (Å²) in [4.78, 5) is 23.8. The van der Waals surface area contributed by atoms with Gasteiger partial charge in [0.1, 0.15) is 11.4 Å². The van der Waals surface area contributed by atoms with E-state index in [9.17, 15) is 9.59 Å². The first-order valence-corrected chi connectivity index (χ1v) is 6.15. The fourth-order valence-corrected chi connectivity index (χ4v) is 1.49. The van der Waals surface area contributed by atoms with Crippen LogP contribution in [0, 0.1) is 0 Å². The second kappa shape index (κ2) is 6.27. The van der Waals surface area contributed by atoms with E-state index >= 15 is 0 Å². The van der Waals surface area contributed by atoms with E-state index in [2.05, 4.69) is 5.43 Å². The van der Waals surface area contributed by atoms with Gasteiger partial charge in [-0.15, -0.1) is 0 Å². The van der Waals surface area contributed by atoms with Crippen molar-refractivity contribution in [3.05, 3.63) is 29.8 Å². The molecule has 0 aliphatic heterocycles. The van der Waals surface area contributed by atoms with Crippen LogP contribution in [0.5, 0.6) is 5.75 Å². The van der Waals surface area contributed by atoms with Gasteiger partial charge in [-0.25, -0.2) is 10.2 Å². The van der Waals surface area contributed by atoms with Gasteiger partial charge in [0, 0.05) is 7.05 Å². The Morgan fingerprint density at radius 3 is 2.35 bits per heavy atom. The predicted octanol–water partition coefficient (Wildman–Crippen LogP) is 2.21. The van der Waals surface area contributed by atoms with Crippen molar-refractivity contribution >= 4 is 12.0 Å². The lowest BCUT2D eigenvalue weighted by atomic mass is 10.2. The molecule has 1 aromatic rings. The van der Waals surface area contributed by atoms with Crippen molar-refractivity contribution < 1.29 is 19.1 Å². The standard InChI is InChI=1S/C14H20N2O4/c1-14(2,3)20-13(18)15-16(4)12(17)10-8-6-7-9-11(10)19-5/h6-9H,1-5H3,(H,15,18). The Labute approximate surface area is 118 Å². The number of methoxy groups -OCH3 is 1. The molecule has 0 saturated carbocycles. The highest BCUT2D eigenvalue weighted by molar-refractivity contribution is 5.97. The molecule has 0 aliphatic rings. The summed E-state index contributed by atoms with van der Waals surface area (Å²) in [6, 6.07) is 6.77. The Bertz CT molecular complexity index is 494. The van der Waals surface area contributed by atoms with Crippen LogP contribution in [0.1, 0.15) is 31.1 Å². The van der Waals surface area contributed by atoms with Crippen LogP contribution in [0.3, 0.4) is 0 Å². The normalized spacial score (nSPS) is 10.7. The van der Waals surface area contributed by atoms with Crippen LogP contribution in [0.4, 0.5) is 4.79 Å². The maximum atomic E-state index is 12.2. The molecule has 110 valence electrons. The summed E-state index contributed by atoms with van der Waals surface area (Å²) >= 11 is 0. The van der Waals surface area contributed by atoms with Gasteiger partial charge in [-0.3, -0.25) is 9.80 Å². The zero-order valence-corrected chi connectivity index (χ0v) is 12.4. The van der Waals surface area contributed by atoms with Crippen molar-refractivity contribution in [2.24, 2.45) is 0 Å². The van der Waals surface area contributed by atoms with E-state index in [0.29, 0.717) is 11.3 Å². The molecule has 6 heteroatoms. The molecule has 1 N–H and O–H groups in total. The van der Waals surface area contributed by atoms with Gasteiger partial charge in [-0.05, 0) is 32.9 Å². The SMILES string of the molecule is COc1ccccc1C(=O)N(C)NC(=O)OC(C)(C)C. The first-order valence-electron chi connectivity index (χ1n) is 6.15. The number of hydrogen-bond donors (Lipinski definition) is 1. The van der Waals surface area contributed by atoms with Crippen molar-refractivity contribution in [2.75, 3.05) is 14.2 Å². The zero-order chi connectivity index (χ0) is 15.3. The van der Waals surface area contributed by atoms with Gasteiger partial charge in [-0.1, -0.05) is 12.1 Å². The van der Waals surface area contributed by atoms with Crippen molar-refractivity contribution in [3.8, 4) is 5.75 Å². The topological polar surface area (TPSA) is 67.9 Å². The van der Waals surface area contributed by atoms with E-state index in [0.717, 1.165) is 5.01 Å². The zero-order valence-electron chi connectivity index (χ0n) is 12.4. The molecule has 20 heavy (non-hydrogen) atoms. The number of hydrogen-bond acceptors (Lipinski definition) is 4. The number of amides is 2. The summed E-state index contributed by atoms with van der Waals surface area (Å²) in [5.41, 5.74) is 2.08. The highest BCUT2D eigenvalue weighted by atomic mass is 16.6. The molecular weight excluding hydrogens is 260 g/mol. The van der Waals surface area contributed by atoms with E-state index in [-0.39, 0.29) is 0 Å². The summed E-state index contributed by atoms with van der Waals surface area (Å²) in [7, 11) is 2.92. The van der Waals surface area contributed by atoms with Gasteiger partial charge < -0.3 is 9.47 Å². The first-order chi connectivity index (χ1) is 9.24. The summed E-state index contributed by atoms with van der Waals surface area (Å²) in [5.74, 6) is 0.0450. The van der Waals surface area contributed by atoms with E-state index in [1.165, 1.54) is 14.2 Å². The minimum absolute atomic E-state index is 0.355. The molecule has 0 fully saturated rings. The van der Waals surface area contributed by atoms with Gasteiger partial charge in [0.15, 0.2) is 0 Å². The van der Waals surface area contributed by atoms with Gasteiger partial charge in [-0.2, -0.15) is 0 Å². The number of carbonyl (C=O) groups excluding carboxylic acids is 2. The molecule has 6 nitrogen and oxygen atoms in total. The third kappa shape index (κ3) is 4.46. The van der Waals surface area contributed by atoms with Crippen LogP contribution in [0.15, 0.2) is 24.3 Å². The lowest BCUT2D eigenvalue weighted by molar-refractivity contribution is 0.0333. The number of rotatable bonds is 2. The fourth-order valence-electron chi connectivity index (χ4n) is 1.49. The largest absolute Gasteiger partial charge is 0.496 e. The third-order valence-electron chi connectivity index (χ3n) is 2.30. The second-order valence-corrected chi connectivity index (χ2v) is 5.18. The van der Waals surface area contributed by atoms with Gasteiger partial charge in [0.2, 0.25) is 0 Å². The average molecular weight is 280 g/mol. The molecule has 0 unspecified atom stereocenters. The van der Waals surface area contributed by atoms with Crippen molar-refractivity contribution in [3.63, 3.8) is 0 Å². The quantitative estimate of drug-likeness (QED) is 0.843. The first kappa shape index (κ1) is 15.8. The Morgan fingerprint density at radius 2 is 1.80 bits per heavy atom. The Kier molecular flexibility index (Phi) is 4.96. The molecular formula is C14H20N2O4. The Morgan fingerprint density at radius 1 is 1.20 bits per heavy atom. The fraction of sp³-hybridized carbons (Fsp3) is 0.429. The lowest BCUT2D eigenvalue weighted by Gasteiger charge is -2.23. The smallest absolute Gasteiger partial charge is 0.426 e. The number of benzene rings is 1. The molecule has 0 spiro atoms. The van der Waals surface area contributed by atoms with Crippen LogP contribution >= 0.6 is 0 Å². The van der Waals surface area contributed by atoms with Crippen LogP contribution in [-0.2, 0) is 4.74 Å². The summed E-state index contributed by atoms with van der Waals surface area (Å²) in [6.07, 6.45) is -0.691. The number of nitrogens with one attached hydrogen (secondary N) is 1. The molecule has 1 rings (SSSR count). The van der Waals surface area contributed by atoms with E-state index < -0.39 is 17.6 Å². The predicted molar refractivity (Wildman–Crippen MR) is 74.5 cm³/mol. The van der Waals surface area contributed by atoms with Crippen LogP contribution in [0.25, 0.3) is 0 Å². The van der Waals surface area contributed by atoms with Crippen molar-refractivity contribution in [1.29, 1.82) is 0 Å². The molecule has 0 heterocycles. The van der Waals surface area contributed by atoms with Crippen molar-refractivity contribution in [2.45, 2.75) is 26.4 Å². The molecule has 0 bridgehead atoms. The number of ether oxygens (including phenoxy) is 2. The van der Waals surface area contributed by atoms with E-state index in [1.54, 1.807) is 45.0 Å². The maximum absolute atomic E-state index is 12.2. The Balaban J connectivity index is 2.75. The summed E-state index contributed by atoms with van der Waals surface area (Å²) in [5, 5.41) is 1.06. The molecule has 0 atom stereocenters. The molecule has 0 aliphatic carbocycles. The van der Waals surface area contributed by atoms with Gasteiger partial charge in [0.25, 0.3) is 5.91 Å². The average Bonchev–Trinajstić information content (AvgIpc) is 2.35. The minimum Gasteiger partial charge on any atom is -0.496 e. The molecule has 0 saturated heterocycles. The molecule has 0 aromatic heterocycles. The maximum Gasteiger partial charge on any atom is 0.426 e. The van der Waals surface area contributed by atoms with Crippen LogP contribution in [0.2, 0.25) is 0 Å². The highest BCUT2D eigenvalue weighted by Gasteiger charge is 2.21. The van der Waals surface area contributed by atoms with Crippen molar-refractivity contribution in [1.82, 2.24) is 10.4 Å². The number of nitrogens with zero attached hydrogens (tertiary/aromatic N) is 1. The monoisotopic (exact) mass is 280 g/mol. The number of para-hydroxylation sites is 1. The number of carbonyl (C=O) groups is 2. The van der Waals surface area contributed by atoms with Crippen LogP contribution in [-0.4, -0.2) is 36.8 Å². The lowest BCUT2D eigenvalue weighted by Crippen LogP contribution is -2.45. The molecule has 2 amide bonds. The highest BCUT2D eigenvalue weighted by Crippen LogP contribution is 2.18. The minimum atomic E-state index is -0.691. The van der Waals surface area contributed by atoms with Gasteiger partial charge >= 0.3 is 6.09 Å². The second-order valence-electron chi connectivity index (χ2n) is 5.18. The Hall–Kier alpha value is -2.24. The molecule has 0 radical (unpaired) electrons. The summed E-state index contributed by atoms with van der Waals surface area (Å²) < 4.78 is 10.2. The van der Waals surface area contributed by atoms with E-state index in [4.69, 9.17) is 9.47 Å². The summed E-state index contributed by atoms with van der Waals surface area (Å²) in [6.45, 7) is 5.23. The van der Waals surface area contributed by atoms with E-state index in [1.807, 2.05) is 0 Å². The molecule has 1 aromatic carbocycles. The third-order valence-corrected chi connectivity index (χ3v) is 2.30. The van der Waals surface area contributed by atoms with Gasteiger partial charge in [0.05, 0.1) is 12.7 Å². The van der Waals surface area contributed by atoms with Crippen LogP contribution < -0.4 is 10.2 Å². The number of hydrazine groups is 1.